The normalized spacial score (nSPS) is 29.4. The first-order valence-corrected chi connectivity index (χ1v) is 7.48. The lowest BCUT2D eigenvalue weighted by molar-refractivity contribution is -0.131. The summed E-state index contributed by atoms with van der Waals surface area (Å²) in [4.78, 5) is 12.1. The van der Waals surface area contributed by atoms with Crippen molar-refractivity contribution in [3.05, 3.63) is 0 Å². The third kappa shape index (κ3) is 3.87. The van der Waals surface area contributed by atoms with Gasteiger partial charge in [-0.25, -0.2) is 0 Å². The monoisotopic (exact) mass is 246 g/mol. The summed E-state index contributed by atoms with van der Waals surface area (Å²) in [6, 6.07) is -0.0166. The fourth-order valence-corrected chi connectivity index (χ4v) is 2.83. The van der Waals surface area contributed by atoms with Crippen molar-refractivity contribution in [3.8, 4) is 0 Å². The van der Waals surface area contributed by atoms with Crippen molar-refractivity contribution in [1.82, 2.24) is 10.6 Å². The maximum Gasteiger partial charge on any atom is 0.227 e. The van der Waals surface area contributed by atoms with Crippen LogP contribution >= 0.6 is 0 Å². The molecule has 0 aromatic carbocycles. The second-order valence-corrected chi connectivity index (χ2v) is 6.44. The van der Waals surface area contributed by atoms with E-state index < -0.39 is 10.8 Å². The van der Waals surface area contributed by atoms with Crippen LogP contribution in [0.3, 0.4) is 0 Å². The lowest BCUT2D eigenvalue weighted by Gasteiger charge is -2.33. The molecule has 1 fully saturated rings. The molecule has 0 spiro atoms. The van der Waals surface area contributed by atoms with Gasteiger partial charge in [-0.3, -0.25) is 9.00 Å². The van der Waals surface area contributed by atoms with Gasteiger partial charge in [0, 0.05) is 35.4 Å². The average Bonchev–Trinajstić information content (AvgIpc) is 2.17. The number of carbonyl (C=O) groups is 1. The molecule has 1 saturated heterocycles. The van der Waals surface area contributed by atoms with Crippen molar-refractivity contribution < 1.29 is 9.00 Å². The molecule has 1 aliphatic rings. The highest BCUT2D eigenvalue weighted by atomic mass is 32.2. The Labute approximate surface area is 100 Å². The molecule has 3 unspecified atom stereocenters. The van der Waals surface area contributed by atoms with Gasteiger partial charge in [0.25, 0.3) is 0 Å². The van der Waals surface area contributed by atoms with E-state index in [0.717, 1.165) is 25.9 Å². The zero-order valence-corrected chi connectivity index (χ0v) is 11.2. The summed E-state index contributed by atoms with van der Waals surface area (Å²) in [6.07, 6.45) is 3.62. The Morgan fingerprint density at radius 1 is 1.62 bits per heavy atom. The first-order chi connectivity index (χ1) is 7.44. The van der Waals surface area contributed by atoms with E-state index >= 15 is 0 Å². The van der Waals surface area contributed by atoms with Crippen LogP contribution in [0.2, 0.25) is 0 Å². The molecule has 16 heavy (non-hydrogen) atoms. The van der Waals surface area contributed by atoms with E-state index in [1.165, 1.54) is 0 Å². The number of amides is 1. The van der Waals surface area contributed by atoms with Gasteiger partial charge in [0.1, 0.15) is 0 Å². The number of hydrogen-bond donors (Lipinski definition) is 2. The first-order valence-electron chi connectivity index (χ1n) is 5.76. The van der Waals surface area contributed by atoms with Crippen LogP contribution in [-0.2, 0) is 15.6 Å². The highest BCUT2D eigenvalue weighted by Crippen LogP contribution is 2.25. The zero-order valence-electron chi connectivity index (χ0n) is 10.3. The Morgan fingerprint density at radius 2 is 2.31 bits per heavy atom. The topological polar surface area (TPSA) is 58.2 Å². The molecular formula is C11H22N2O2S. The van der Waals surface area contributed by atoms with Crippen LogP contribution in [0.1, 0.15) is 26.7 Å². The molecule has 1 heterocycles. The van der Waals surface area contributed by atoms with Gasteiger partial charge in [0.15, 0.2) is 0 Å². The lowest BCUT2D eigenvalue weighted by atomic mass is 9.82. The minimum Gasteiger partial charge on any atom is -0.352 e. The Hall–Kier alpha value is -0.420. The minimum absolute atomic E-state index is 0.0166. The van der Waals surface area contributed by atoms with Crippen LogP contribution in [-0.4, -0.2) is 41.3 Å². The Balaban J connectivity index is 2.47. The molecule has 4 nitrogen and oxygen atoms in total. The van der Waals surface area contributed by atoms with Crippen molar-refractivity contribution >= 4 is 16.7 Å². The SMILES string of the molecule is CC(CS(C)=O)NC(=O)C1(C)CCCNC1. The maximum atomic E-state index is 12.1. The summed E-state index contributed by atoms with van der Waals surface area (Å²) in [7, 11) is -0.861. The average molecular weight is 246 g/mol. The van der Waals surface area contributed by atoms with E-state index in [4.69, 9.17) is 0 Å². The van der Waals surface area contributed by atoms with Crippen LogP contribution in [0.25, 0.3) is 0 Å². The van der Waals surface area contributed by atoms with Gasteiger partial charge in [-0.1, -0.05) is 0 Å². The minimum atomic E-state index is -0.861. The third-order valence-electron chi connectivity index (χ3n) is 3.01. The van der Waals surface area contributed by atoms with E-state index in [2.05, 4.69) is 10.6 Å². The molecule has 0 radical (unpaired) electrons. The second kappa shape index (κ2) is 5.77. The summed E-state index contributed by atoms with van der Waals surface area (Å²) < 4.78 is 11.0. The summed E-state index contributed by atoms with van der Waals surface area (Å²) in [6.45, 7) is 5.63. The predicted octanol–water partition coefficient (Wildman–Crippen LogP) is 0.259. The van der Waals surface area contributed by atoms with Crippen LogP contribution in [0.4, 0.5) is 0 Å². The fraction of sp³-hybridized carbons (Fsp3) is 0.909. The molecule has 1 aliphatic heterocycles. The third-order valence-corrected chi connectivity index (χ3v) is 3.98. The van der Waals surface area contributed by atoms with Crippen LogP contribution < -0.4 is 10.6 Å². The molecule has 1 amide bonds. The lowest BCUT2D eigenvalue weighted by Crippen LogP contribution is -2.51. The highest BCUT2D eigenvalue weighted by molar-refractivity contribution is 7.84. The summed E-state index contributed by atoms with van der Waals surface area (Å²) in [5, 5.41) is 6.20. The fourth-order valence-electron chi connectivity index (χ4n) is 2.04. The maximum absolute atomic E-state index is 12.1. The molecule has 0 aliphatic carbocycles. The summed E-state index contributed by atoms with van der Waals surface area (Å²) in [5.41, 5.74) is -0.304. The molecule has 94 valence electrons. The molecule has 0 saturated carbocycles. The van der Waals surface area contributed by atoms with E-state index in [-0.39, 0.29) is 17.4 Å². The van der Waals surface area contributed by atoms with E-state index in [1.807, 2.05) is 13.8 Å². The molecule has 0 bridgehead atoms. The van der Waals surface area contributed by atoms with Crippen molar-refractivity contribution in [2.24, 2.45) is 5.41 Å². The van der Waals surface area contributed by atoms with Crippen molar-refractivity contribution in [1.29, 1.82) is 0 Å². The molecule has 0 aromatic heterocycles. The molecule has 2 N–H and O–H groups in total. The van der Waals surface area contributed by atoms with Gasteiger partial charge in [-0.15, -0.1) is 0 Å². The molecule has 3 atom stereocenters. The number of rotatable bonds is 4. The predicted molar refractivity (Wildman–Crippen MR) is 66.7 cm³/mol. The van der Waals surface area contributed by atoms with Crippen LogP contribution in [0.5, 0.6) is 0 Å². The van der Waals surface area contributed by atoms with Crippen LogP contribution in [0, 0.1) is 5.41 Å². The van der Waals surface area contributed by atoms with Gasteiger partial charge in [0.2, 0.25) is 5.91 Å². The number of carbonyl (C=O) groups excluding carboxylic acids is 1. The van der Waals surface area contributed by atoms with Crippen molar-refractivity contribution in [2.75, 3.05) is 25.1 Å². The van der Waals surface area contributed by atoms with Crippen LogP contribution in [0.15, 0.2) is 0 Å². The summed E-state index contributed by atoms with van der Waals surface area (Å²) in [5.74, 6) is 0.604. The zero-order chi connectivity index (χ0) is 12.2. The smallest absolute Gasteiger partial charge is 0.227 e. The van der Waals surface area contributed by atoms with E-state index in [1.54, 1.807) is 6.26 Å². The van der Waals surface area contributed by atoms with Gasteiger partial charge < -0.3 is 10.6 Å². The van der Waals surface area contributed by atoms with Gasteiger partial charge >= 0.3 is 0 Å². The Kier molecular flexibility index (Phi) is 4.92. The largest absolute Gasteiger partial charge is 0.352 e. The second-order valence-electron chi connectivity index (χ2n) is 4.96. The Bertz CT molecular complexity index is 275. The number of nitrogens with one attached hydrogen (secondary N) is 2. The van der Waals surface area contributed by atoms with Crippen molar-refractivity contribution in [2.45, 2.75) is 32.7 Å². The molecule has 5 heteroatoms. The van der Waals surface area contributed by atoms with Crippen molar-refractivity contribution in [3.63, 3.8) is 0 Å². The van der Waals surface area contributed by atoms with Gasteiger partial charge in [0.05, 0.1) is 5.41 Å². The van der Waals surface area contributed by atoms with Gasteiger partial charge in [-0.2, -0.15) is 0 Å². The molecule has 1 rings (SSSR count). The summed E-state index contributed by atoms with van der Waals surface area (Å²) >= 11 is 0. The standard InChI is InChI=1S/C11H22N2O2S/c1-9(7-16(3)15)13-10(14)11(2)5-4-6-12-8-11/h9,12H,4-8H2,1-3H3,(H,13,14). The number of hydrogen-bond acceptors (Lipinski definition) is 3. The Morgan fingerprint density at radius 3 is 2.81 bits per heavy atom. The quantitative estimate of drug-likeness (QED) is 0.748. The van der Waals surface area contributed by atoms with E-state index in [9.17, 15) is 9.00 Å². The number of piperidine rings is 1. The highest BCUT2D eigenvalue weighted by Gasteiger charge is 2.35. The van der Waals surface area contributed by atoms with Gasteiger partial charge in [-0.05, 0) is 33.2 Å². The first kappa shape index (κ1) is 13.6. The van der Waals surface area contributed by atoms with E-state index in [0.29, 0.717) is 5.75 Å². The molecular weight excluding hydrogens is 224 g/mol. The molecule has 0 aromatic rings.